The molecule has 3 heteroatoms. The van der Waals surface area contributed by atoms with E-state index >= 15 is 0 Å². The Kier molecular flexibility index (Phi) is 5.43. The minimum atomic E-state index is 0.466. The molecule has 102 valence electrons. The summed E-state index contributed by atoms with van der Waals surface area (Å²) in [5.41, 5.74) is 1.22. The van der Waals surface area contributed by atoms with Crippen LogP contribution in [0.15, 0.2) is 41.8 Å². The molecule has 0 saturated heterocycles. The molecule has 0 spiro atoms. The molecule has 0 fully saturated rings. The van der Waals surface area contributed by atoms with Crippen LogP contribution in [0.5, 0.6) is 5.75 Å². The third-order valence-corrected chi connectivity index (χ3v) is 3.90. The Balaban J connectivity index is 1.87. The van der Waals surface area contributed by atoms with Crippen LogP contribution in [0.3, 0.4) is 0 Å². The van der Waals surface area contributed by atoms with Gasteiger partial charge >= 0.3 is 0 Å². The first-order valence-electron chi connectivity index (χ1n) is 6.76. The first kappa shape index (κ1) is 14.1. The van der Waals surface area contributed by atoms with Crippen LogP contribution in [0.2, 0.25) is 0 Å². The van der Waals surface area contributed by atoms with Gasteiger partial charge in [0, 0.05) is 23.0 Å². The number of para-hydroxylation sites is 1. The quantitative estimate of drug-likeness (QED) is 0.828. The summed E-state index contributed by atoms with van der Waals surface area (Å²) in [5.74, 6) is 0.987. The zero-order chi connectivity index (χ0) is 13.5. The standard InChI is InChI=1S/C16H21NOS/c1-3-18-16-9-5-4-7-14(16)12-17-13(2)11-15-8-6-10-19-15/h4-10,13,17H,3,11-12H2,1-2H3. The van der Waals surface area contributed by atoms with Crippen LogP contribution < -0.4 is 10.1 Å². The Hall–Kier alpha value is -1.32. The molecule has 2 rings (SSSR count). The van der Waals surface area contributed by atoms with Gasteiger partial charge in [0.15, 0.2) is 0 Å². The SMILES string of the molecule is CCOc1ccccc1CNC(C)Cc1cccs1. The summed E-state index contributed by atoms with van der Waals surface area (Å²) in [7, 11) is 0. The Bertz CT molecular complexity index is 481. The molecule has 0 radical (unpaired) electrons. The molecule has 1 heterocycles. The number of benzene rings is 1. The highest BCUT2D eigenvalue weighted by molar-refractivity contribution is 7.09. The van der Waals surface area contributed by atoms with Crippen LogP contribution in [0.4, 0.5) is 0 Å². The number of ether oxygens (including phenoxy) is 1. The second-order valence-corrected chi connectivity index (χ2v) is 5.64. The van der Waals surface area contributed by atoms with Crippen LogP contribution in [-0.2, 0) is 13.0 Å². The van der Waals surface area contributed by atoms with Crippen molar-refractivity contribution in [2.75, 3.05) is 6.61 Å². The Morgan fingerprint density at radius 3 is 2.79 bits per heavy atom. The molecule has 2 nitrogen and oxygen atoms in total. The van der Waals surface area contributed by atoms with Gasteiger partial charge in [-0.15, -0.1) is 11.3 Å². The summed E-state index contributed by atoms with van der Waals surface area (Å²) in [6.45, 7) is 5.80. The van der Waals surface area contributed by atoms with Crippen LogP contribution >= 0.6 is 11.3 Å². The fourth-order valence-corrected chi connectivity index (χ4v) is 2.87. The van der Waals surface area contributed by atoms with Crippen LogP contribution in [-0.4, -0.2) is 12.6 Å². The van der Waals surface area contributed by atoms with Crippen LogP contribution in [0, 0.1) is 0 Å². The van der Waals surface area contributed by atoms with Crippen molar-refractivity contribution < 1.29 is 4.74 Å². The highest BCUT2D eigenvalue weighted by atomic mass is 32.1. The van der Waals surface area contributed by atoms with E-state index in [1.54, 1.807) is 0 Å². The lowest BCUT2D eigenvalue weighted by Crippen LogP contribution is -2.27. The summed E-state index contributed by atoms with van der Waals surface area (Å²) in [6.07, 6.45) is 1.08. The zero-order valence-corrected chi connectivity index (χ0v) is 12.4. The van der Waals surface area contributed by atoms with Crippen molar-refractivity contribution in [3.63, 3.8) is 0 Å². The molecule has 0 amide bonds. The third kappa shape index (κ3) is 4.37. The third-order valence-electron chi connectivity index (χ3n) is 3.00. The molecule has 19 heavy (non-hydrogen) atoms. The van der Waals surface area contributed by atoms with Gasteiger partial charge < -0.3 is 10.1 Å². The van der Waals surface area contributed by atoms with Gasteiger partial charge in [0.05, 0.1) is 6.61 Å². The average molecular weight is 275 g/mol. The zero-order valence-electron chi connectivity index (χ0n) is 11.6. The van der Waals surface area contributed by atoms with Crippen molar-refractivity contribution in [1.29, 1.82) is 0 Å². The molecule has 1 N–H and O–H groups in total. The second-order valence-electron chi connectivity index (χ2n) is 4.61. The first-order chi connectivity index (χ1) is 9.29. The fraction of sp³-hybridized carbons (Fsp3) is 0.375. The molecule has 1 aromatic carbocycles. The Labute approximate surface area is 119 Å². The van der Waals surface area contributed by atoms with E-state index in [-0.39, 0.29) is 0 Å². The van der Waals surface area contributed by atoms with Crippen LogP contribution in [0.25, 0.3) is 0 Å². The van der Waals surface area contributed by atoms with E-state index in [0.29, 0.717) is 12.6 Å². The average Bonchev–Trinajstić information content (AvgIpc) is 2.91. The van der Waals surface area contributed by atoms with E-state index in [1.165, 1.54) is 10.4 Å². The summed E-state index contributed by atoms with van der Waals surface area (Å²) in [4.78, 5) is 1.43. The van der Waals surface area contributed by atoms with E-state index in [9.17, 15) is 0 Å². The molecule has 1 unspecified atom stereocenters. The lowest BCUT2D eigenvalue weighted by atomic mass is 10.1. The van der Waals surface area contributed by atoms with Gasteiger partial charge in [0.25, 0.3) is 0 Å². The maximum Gasteiger partial charge on any atom is 0.123 e. The van der Waals surface area contributed by atoms with Crippen molar-refractivity contribution in [3.05, 3.63) is 52.2 Å². The minimum Gasteiger partial charge on any atom is -0.494 e. The fourth-order valence-electron chi connectivity index (χ4n) is 2.03. The number of rotatable bonds is 7. The highest BCUT2D eigenvalue weighted by Crippen LogP contribution is 2.18. The van der Waals surface area contributed by atoms with Gasteiger partial charge in [0.1, 0.15) is 5.75 Å². The topological polar surface area (TPSA) is 21.3 Å². The Morgan fingerprint density at radius 2 is 2.05 bits per heavy atom. The summed E-state index contributed by atoms with van der Waals surface area (Å²) >= 11 is 1.82. The normalized spacial score (nSPS) is 12.3. The van der Waals surface area contributed by atoms with Crippen molar-refractivity contribution in [2.45, 2.75) is 32.9 Å². The van der Waals surface area contributed by atoms with Crippen LogP contribution in [0.1, 0.15) is 24.3 Å². The van der Waals surface area contributed by atoms with E-state index in [2.05, 4.69) is 41.9 Å². The van der Waals surface area contributed by atoms with E-state index < -0.39 is 0 Å². The molecule has 0 aliphatic carbocycles. The van der Waals surface area contributed by atoms with Gasteiger partial charge in [-0.05, 0) is 37.8 Å². The summed E-state index contributed by atoms with van der Waals surface area (Å²) in [5, 5.41) is 5.69. The molecule has 0 aliphatic heterocycles. The first-order valence-corrected chi connectivity index (χ1v) is 7.64. The summed E-state index contributed by atoms with van der Waals surface area (Å²) < 4.78 is 5.64. The minimum absolute atomic E-state index is 0.466. The molecular formula is C16H21NOS. The lowest BCUT2D eigenvalue weighted by molar-refractivity contribution is 0.335. The van der Waals surface area contributed by atoms with Crippen molar-refractivity contribution in [2.24, 2.45) is 0 Å². The van der Waals surface area contributed by atoms with Gasteiger partial charge in [-0.2, -0.15) is 0 Å². The lowest BCUT2D eigenvalue weighted by Gasteiger charge is -2.15. The van der Waals surface area contributed by atoms with Gasteiger partial charge in [-0.1, -0.05) is 24.3 Å². The number of hydrogen-bond donors (Lipinski definition) is 1. The predicted octanol–water partition coefficient (Wildman–Crippen LogP) is 3.87. The maximum absolute atomic E-state index is 5.64. The number of hydrogen-bond acceptors (Lipinski definition) is 3. The van der Waals surface area contributed by atoms with Gasteiger partial charge in [0.2, 0.25) is 0 Å². The molecule has 2 aromatic rings. The number of thiophene rings is 1. The largest absolute Gasteiger partial charge is 0.494 e. The monoisotopic (exact) mass is 275 g/mol. The smallest absolute Gasteiger partial charge is 0.123 e. The maximum atomic E-state index is 5.64. The van der Waals surface area contributed by atoms with Gasteiger partial charge in [-0.3, -0.25) is 0 Å². The summed E-state index contributed by atoms with van der Waals surface area (Å²) in [6, 6.07) is 13.0. The molecular weight excluding hydrogens is 254 g/mol. The molecule has 0 bridgehead atoms. The van der Waals surface area contributed by atoms with E-state index in [4.69, 9.17) is 4.74 Å². The Morgan fingerprint density at radius 1 is 1.21 bits per heavy atom. The molecule has 1 atom stereocenters. The highest BCUT2D eigenvalue weighted by Gasteiger charge is 2.06. The van der Waals surface area contributed by atoms with Crippen molar-refractivity contribution in [3.8, 4) is 5.75 Å². The second kappa shape index (κ2) is 7.31. The molecule has 0 aliphatic rings. The van der Waals surface area contributed by atoms with E-state index in [1.807, 2.05) is 30.4 Å². The van der Waals surface area contributed by atoms with Gasteiger partial charge in [-0.25, -0.2) is 0 Å². The van der Waals surface area contributed by atoms with Crippen molar-refractivity contribution >= 4 is 11.3 Å². The molecule has 1 aromatic heterocycles. The number of nitrogens with one attached hydrogen (secondary N) is 1. The molecule has 0 saturated carbocycles. The van der Waals surface area contributed by atoms with Crippen molar-refractivity contribution in [1.82, 2.24) is 5.32 Å². The predicted molar refractivity (Wildman–Crippen MR) is 81.9 cm³/mol. The van der Waals surface area contributed by atoms with E-state index in [0.717, 1.165) is 18.7 Å².